The summed E-state index contributed by atoms with van der Waals surface area (Å²) >= 11 is 3.34. The lowest BCUT2D eigenvalue weighted by Crippen LogP contribution is -2.22. The van der Waals surface area contributed by atoms with Gasteiger partial charge in [-0.3, -0.25) is 9.79 Å². The Balaban J connectivity index is 1.61. The number of amides is 1. The van der Waals surface area contributed by atoms with E-state index >= 15 is 0 Å². The fourth-order valence-electron chi connectivity index (χ4n) is 3.05. The second-order valence-corrected chi connectivity index (χ2v) is 10.5. The minimum absolute atomic E-state index is 0.0808. The SMILES string of the molecule is COc1ccc(C(C)(C)C)cc1NC(=O)COC(=O)c1ccccc1CSC1=NCCS1. The summed E-state index contributed by atoms with van der Waals surface area (Å²) in [4.78, 5) is 29.6. The van der Waals surface area contributed by atoms with E-state index in [1.165, 1.54) is 0 Å². The minimum atomic E-state index is -0.521. The Morgan fingerprint density at radius 2 is 1.97 bits per heavy atom. The fourth-order valence-corrected chi connectivity index (χ4v) is 5.07. The molecule has 1 aliphatic rings. The Morgan fingerprint density at radius 1 is 1.19 bits per heavy atom. The first-order valence-electron chi connectivity index (χ1n) is 10.3. The minimum Gasteiger partial charge on any atom is -0.495 e. The Kier molecular flexibility index (Phi) is 8.26. The molecule has 1 heterocycles. The van der Waals surface area contributed by atoms with Gasteiger partial charge in [0.2, 0.25) is 0 Å². The summed E-state index contributed by atoms with van der Waals surface area (Å²) in [5.74, 6) is 1.23. The summed E-state index contributed by atoms with van der Waals surface area (Å²) in [7, 11) is 1.55. The molecule has 2 aromatic rings. The first kappa shape index (κ1) is 24.2. The molecule has 170 valence electrons. The first-order valence-corrected chi connectivity index (χ1v) is 12.3. The van der Waals surface area contributed by atoms with Gasteiger partial charge >= 0.3 is 5.97 Å². The number of methoxy groups -OCH3 is 1. The predicted octanol–water partition coefficient (Wildman–Crippen LogP) is 5.12. The average molecular weight is 473 g/mol. The fraction of sp³-hybridized carbons (Fsp3) is 0.375. The molecule has 1 amide bonds. The van der Waals surface area contributed by atoms with Crippen LogP contribution < -0.4 is 10.1 Å². The second-order valence-electron chi connectivity index (χ2n) is 8.23. The number of carbonyl (C=O) groups excluding carboxylic acids is 2. The van der Waals surface area contributed by atoms with Crippen LogP contribution in [0.5, 0.6) is 5.75 Å². The predicted molar refractivity (Wildman–Crippen MR) is 133 cm³/mol. The highest BCUT2D eigenvalue weighted by atomic mass is 32.2. The third-order valence-corrected chi connectivity index (χ3v) is 7.12. The van der Waals surface area contributed by atoms with Gasteiger partial charge in [0, 0.05) is 11.5 Å². The van der Waals surface area contributed by atoms with Crippen LogP contribution in [-0.4, -0.2) is 42.3 Å². The number of ether oxygens (including phenoxy) is 2. The largest absolute Gasteiger partial charge is 0.495 e. The quantitative estimate of drug-likeness (QED) is 0.564. The van der Waals surface area contributed by atoms with E-state index in [4.69, 9.17) is 9.47 Å². The highest BCUT2D eigenvalue weighted by molar-refractivity contribution is 8.38. The first-order chi connectivity index (χ1) is 15.3. The van der Waals surface area contributed by atoms with Crippen LogP contribution in [-0.2, 0) is 20.7 Å². The molecule has 32 heavy (non-hydrogen) atoms. The van der Waals surface area contributed by atoms with Gasteiger partial charge in [-0.05, 0) is 34.7 Å². The lowest BCUT2D eigenvalue weighted by molar-refractivity contribution is -0.119. The van der Waals surface area contributed by atoms with Crippen LogP contribution in [0, 0.1) is 0 Å². The molecule has 0 unspecified atom stereocenters. The Hall–Kier alpha value is -2.45. The van der Waals surface area contributed by atoms with Gasteiger partial charge < -0.3 is 14.8 Å². The molecular weight excluding hydrogens is 444 g/mol. The van der Waals surface area contributed by atoms with E-state index in [1.54, 1.807) is 42.8 Å². The molecule has 8 heteroatoms. The number of aliphatic imine (C=N–C) groups is 1. The van der Waals surface area contributed by atoms with Gasteiger partial charge in [-0.15, -0.1) is 0 Å². The summed E-state index contributed by atoms with van der Waals surface area (Å²) in [6, 6.07) is 13.0. The summed E-state index contributed by atoms with van der Waals surface area (Å²) < 4.78 is 11.7. The maximum Gasteiger partial charge on any atom is 0.338 e. The van der Waals surface area contributed by atoms with Gasteiger partial charge in [-0.1, -0.05) is 68.6 Å². The Morgan fingerprint density at radius 3 is 2.66 bits per heavy atom. The standard InChI is InChI=1S/C24H28N2O4S2/c1-24(2,3)17-9-10-20(29-4)19(13-17)26-21(27)14-30-22(28)18-8-6-5-7-16(18)15-32-23-25-11-12-31-23/h5-10,13H,11-12,14-15H2,1-4H3,(H,26,27). The molecule has 0 aromatic heterocycles. The highest BCUT2D eigenvalue weighted by Gasteiger charge is 2.19. The van der Waals surface area contributed by atoms with Crippen molar-refractivity contribution >= 4 is 45.5 Å². The van der Waals surface area contributed by atoms with Crippen molar-refractivity contribution in [3.05, 3.63) is 59.2 Å². The number of hydrogen-bond donors (Lipinski definition) is 1. The van der Waals surface area contributed by atoms with Gasteiger partial charge in [-0.2, -0.15) is 0 Å². The molecule has 0 spiro atoms. The monoisotopic (exact) mass is 472 g/mol. The van der Waals surface area contributed by atoms with Crippen molar-refractivity contribution in [1.29, 1.82) is 0 Å². The van der Waals surface area contributed by atoms with Gasteiger partial charge in [0.25, 0.3) is 5.91 Å². The maximum atomic E-state index is 12.7. The highest BCUT2D eigenvalue weighted by Crippen LogP contribution is 2.31. The molecule has 1 aliphatic heterocycles. The van der Waals surface area contributed by atoms with E-state index in [2.05, 4.69) is 31.1 Å². The number of rotatable bonds is 7. The number of carbonyl (C=O) groups is 2. The Bertz CT molecular complexity index is 1020. The van der Waals surface area contributed by atoms with E-state index in [0.29, 0.717) is 22.8 Å². The molecule has 1 N–H and O–H groups in total. The van der Waals surface area contributed by atoms with Crippen molar-refractivity contribution in [2.75, 3.05) is 31.3 Å². The van der Waals surface area contributed by atoms with Gasteiger partial charge in [0.1, 0.15) is 10.1 Å². The number of nitrogens with one attached hydrogen (secondary N) is 1. The summed E-state index contributed by atoms with van der Waals surface area (Å²) in [5.41, 5.74) is 2.85. The van der Waals surface area contributed by atoms with Crippen LogP contribution >= 0.6 is 23.5 Å². The van der Waals surface area contributed by atoms with Crippen molar-refractivity contribution < 1.29 is 19.1 Å². The van der Waals surface area contributed by atoms with Gasteiger partial charge in [0.15, 0.2) is 6.61 Å². The number of thioether (sulfide) groups is 2. The molecule has 6 nitrogen and oxygen atoms in total. The molecule has 0 saturated carbocycles. The number of hydrogen-bond acceptors (Lipinski definition) is 7. The Labute approximate surface area is 197 Å². The molecule has 0 fully saturated rings. The molecule has 3 rings (SSSR count). The van der Waals surface area contributed by atoms with Crippen molar-refractivity contribution in [2.24, 2.45) is 4.99 Å². The van der Waals surface area contributed by atoms with Crippen LogP contribution in [0.4, 0.5) is 5.69 Å². The lowest BCUT2D eigenvalue weighted by atomic mass is 9.87. The van der Waals surface area contributed by atoms with Crippen LogP contribution in [0.25, 0.3) is 0 Å². The van der Waals surface area contributed by atoms with Crippen LogP contribution in [0.15, 0.2) is 47.5 Å². The van der Waals surface area contributed by atoms with Crippen molar-refractivity contribution in [1.82, 2.24) is 0 Å². The topological polar surface area (TPSA) is 77.0 Å². The van der Waals surface area contributed by atoms with Crippen molar-refractivity contribution in [3.63, 3.8) is 0 Å². The lowest BCUT2D eigenvalue weighted by Gasteiger charge is -2.21. The molecule has 2 aromatic carbocycles. The molecule has 0 saturated heterocycles. The van der Waals surface area contributed by atoms with Crippen LogP contribution in [0.2, 0.25) is 0 Å². The van der Waals surface area contributed by atoms with Gasteiger partial charge in [0.05, 0.1) is 24.9 Å². The summed E-state index contributed by atoms with van der Waals surface area (Å²) in [6.45, 7) is 6.74. The normalized spacial score (nSPS) is 13.4. The van der Waals surface area contributed by atoms with Crippen LogP contribution in [0.1, 0.15) is 42.3 Å². The average Bonchev–Trinajstić information content (AvgIpc) is 3.29. The number of esters is 1. The van der Waals surface area contributed by atoms with Gasteiger partial charge in [-0.25, -0.2) is 4.79 Å². The number of anilines is 1. The summed E-state index contributed by atoms with van der Waals surface area (Å²) in [5, 5.41) is 2.79. The number of benzene rings is 2. The molecular formula is C24H28N2O4S2. The maximum absolute atomic E-state index is 12.7. The number of nitrogens with zero attached hydrogens (tertiary/aromatic N) is 1. The van der Waals surface area contributed by atoms with E-state index in [9.17, 15) is 9.59 Å². The zero-order valence-corrected chi connectivity index (χ0v) is 20.4. The smallest absolute Gasteiger partial charge is 0.338 e. The second kappa shape index (κ2) is 10.9. The third kappa shape index (κ3) is 6.53. The molecule has 0 radical (unpaired) electrons. The zero-order valence-electron chi connectivity index (χ0n) is 18.8. The van der Waals surface area contributed by atoms with E-state index in [-0.39, 0.29) is 12.0 Å². The molecule has 0 bridgehead atoms. The zero-order chi connectivity index (χ0) is 23.1. The molecule has 0 atom stereocenters. The van der Waals surface area contributed by atoms with Crippen molar-refractivity contribution in [2.45, 2.75) is 31.9 Å². The van der Waals surface area contributed by atoms with E-state index in [0.717, 1.165) is 27.8 Å². The van der Waals surface area contributed by atoms with E-state index < -0.39 is 11.9 Å². The molecule has 0 aliphatic carbocycles. The third-order valence-electron chi connectivity index (χ3n) is 4.82. The van der Waals surface area contributed by atoms with E-state index in [1.807, 2.05) is 30.3 Å². The van der Waals surface area contributed by atoms with Crippen LogP contribution in [0.3, 0.4) is 0 Å². The van der Waals surface area contributed by atoms with Crippen molar-refractivity contribution in [3.8, 4) is 5.75 Å². The summed E-state index contributed by atoms with van der Waals surface area (Å²) in [6.07, 6.45) is 0.